The number of rotatable bonds is 6. The average Bonchev–Trinajstić information content (AvgIpc) is 2.85. The van der Waals surface area contributed by atoms with E-state index in [1.54, 1.807) is 24.3 Å². The van der Waals surface area contributed by atoms with Crippen molar-refractivity contribution in [3.63, 3.8) is 0 Å². The summed E-state index contributed by atoms with van der Waals surface area (Å²) in [5.41, 5.74) is 1.71. The van der Waals surface area contributed by atoms with Crippen LogP contribution in [0.25, 0.3) is 0 Å². The molecule has 2 aliphatic carbocycles. The van der Waals surface area contributed by atoms with Gasteiger partial charge in [-0.25, -0.2) is 4.79 Å². The topological polar surface area (TPSA) is 74.7 Å². The summed E-state index contributed by atoms with van der Waals surface area (Å²) in [6.07, 6.45) is 11.6. The van der Waals surface area contributed by atoms with Crippen molar-refractivity contribution >= 4 is 17.7 Å². The molecular weight excluding hydrogens is 402 g/mol. The molecule has 168 valence electrons. The molecule has 2 aliphatic rings. The van der Waals surface area contributed by atoms with Gasteiger partial charge in [0.1, 0.15) is 0 Å². The maximum atomic E-state index is 13.6. The zero-order valence-corrected chi connectivity index (χ0v) is 18.5. The second kappa shape index (κ2) is 10.1. The molecule has 0 saturated heterocycles. The van der Waals surface area contributed by atoms with Crippen LogP contribution in [0.2, 0.25) is 0 Å². The van der Waals surface area contributed by atoms with Gasteiger partial charge in [-0.2, -0.15) is 0 Å². The maximum absolute atomic E-state index is 13.6. The SMILES string of the molecule is O=C(O)c1ccc(C(=O)c2ccc(C(=O)N(C3CCCCC3)C3CCCCC3)cc2)cc1. The first kappa shape index (κ1) is 22.3. The van der Waals surface area contributed by atoms with E-state index in [1.165, 1.54) is 62.8 Å². The van der Waals surface area contributed by atoms with Gasteiger partial charge in [-0.15, -0.1) is 0 Å². The standard InChI is InChI=1S/C27H31NO4/c29-25(20-13-17-22(18-14-20)27(31)32)19-11-15-21(16-12-19)26(30)28(23-7-3-1-4-8-23)24-9-5-2-6-10-24/h11-18,23-24H,1-10H2,(H,31,32). The Balaban J connectivity index is 1.52. The lowest BCUT2D eigenvalue weighted by atomic mass is 9.88. The molecule has 4 rings (SSSR count). The van der Waals surface area contributed by atoms with Gasteiger partial charge in [0.05, 0.1) is 5.56 Å². The van der Waals surface area contributed by atoms with Gasteiger partial charge in [0, 0.05) is 28.8 Å². The number of amides is 1. The van der Waals surface area contributed by atoms with E-state index < -0.39 is 5.97 Å². The summed E-state index contributed by atoms with van der Waals surface area (Å²) in [7, 11) is 0. The van der Waals surface area contributed by atoms with Crippen molar-refractivity contribution in [3.05, 3.63) is 70.8 Å². The van der Waals surface area contributed by atoms with E-state index in [1.807, 2.05) is 0 Å². The van der Waals surface area contributed by atoms with Crippen LogP contribution in [0, 0.1) is 0 Å². The Kier molecular flexibility index (Phi) is 7.03. The molecule has 5 heteroatoms. The van der Waals surface area contributed by atoms with Crippen molar-refractivity contribution in [3.8, 4) is 0 Å². The quantitative estimate of drug-likeness (QED) is 0.591. The van der Waals surface area contributed by atoms with Crippen LogP contribution >= 0.6 is 0 Å². The number of hydrogen-bond donors (Lipinski definition) is 1. The summed E-state index contributed by atoms with van der Waals surface area (Å²) >= 11 is 0. The van der Waals surface area contributed by atoms with Crippen molar-refractivity contribution in [1.82, 2.24) is 4.90 Å². The van der Waals surface area contributed by atoms with Crippen molar-refractivity contribution in [2.45, 2.75) is 76.3 Å². The molecule has 0 radical (unpaired) electrons. The zero-order valence-electron chi connectivity index (χ0n) is 18.5. The zero-order chi connectivity index (χ0) is 22.5. The molecule has 2 fully saturated rings. The maximum Gasteiger partial charge on any atom is 0.335 e. The third kappa shape index (κ3) is 4.93. The van der Waals surface area contributed by atoms with Gasteiger partial charge in [-0.1, -0.05) is 62.8 Å². The fraction of sp³-hybridized carbons (Fsp3) is 0.444. The number of benzene rings is 2. The number of hydrogen-bond acceptors (Lipinski definition) is 3. The van der Waals surface area contributed by atoms with E-state index >= 15 is 0 Å². The molecule has 0 aliphatic heterocycles. The second-order valence-electron chi connectivity index (χ2n) is 9.09. The molecule has 1 amide bonds. The first-order valence-electron chi connectivity index (χ1n) is 11.9. The Hall–Kier alpha value is -2.95. The molecule has 0 bridgehead atoms. The molecule has 32 heavy (non-hydrogen) atoms. The van der Waals surface area contributed by atoms with Crippen LogP contribution in [0.3, 0.4) is 0 Å². The number of carbonyl (C=O) groups excluding carboxylic acids is 2. The van der Waals surface area contributed by atoms with Crippen LogP contribution in [0.4, 0.5) is 0 Å². The van der Waals surface area contributed by atoms with Gasteiger partial charge in [0.15, 0.2) is 5.78 Å². The number of ketones is 1. The van der Waals surface area contributed by atoms with Crippen molar-refractivity contribution in [1.29, 1.82) is 0 Å². The lowest BCUT2D eigenvalue weighted by Crippen LogP contribution is -2.48. The highest BCUT2D eigenvalue weighted by atomic mass is 16.4. The van der Waals surface area contributed by atoms with Gasteiger partial charge in [0.25, 0.3) is 5.91 Å². The minimum Gasteiger partial charge on any atom is -0.478 e. The first-order chi connectivity index (χ1) is 15.5. The van der Waals surface area contributed by atoms with Crippen LogP contribution in [0.15, 0.2) is 48.5 Å². The van der Waals surface area contributed by atoms with E-state index in [-0.39, 0.29) is 17.3 Å². The fourth-order valence-electron chi connectivity index (χ4n) is 5.19. The van der Waals surface area contributed by atoms with Gasteiger partial charge >= 0.3 is 5.97 Å². The molecule has 0 heterocycles. The summed E-state index contributed by atoms with van der Waals surface area (Å²) < 4.78 is 0. The molecule has 5 nitrogen and oxygen atoms in total. The Morgan fingerprint density at radius 1 is 0.594 bits per heavy atom. The molecule has 2 aromatic carbocycles. The smallest absolute Gasteiger partial charge is 0.335 e. The fourth-order valence-corrected chi connectivity index (χ4v) is 5.19. The van der Waals surface area contributed by atoms with Crippen LogP contribution < -0.4 is 0 Å². The van der Waals surface area contributed by atoms with E-state index in [2.05, 4.69) is 4.90 Å². The van der Waals surface area contributed by atoms with Gasteiger partial charge in [-0.3, -0.25) is 9.59 Å². The summed E-state index contributed by atoms with van der Waals surface area (Å²) in [6.45, 7) is 0. The van der Waals surface area contributed by atoms with E-state index in [4.69, 9.17) is 5.11 Å². The van der Waals surface area contributed by atoms with Gasteiger partial charge in [0.2, 0.25) is 0 Å². The van der Waals surface area contributed by atoms with Crippen molar-refractivity contribution in [2.24, 2.45) is 0 Å². The molecule has 2 saturated carbocycles. The van der Waals surface area contributed by atoms with E-state index in [0.717, 1.165) is 25.7 Å². The van der Waals surface area contributed by atoms with Crippen LogP contribution in [-0.4, -0.2) is 39.7 Å². The largest absolute Gasteiger partial charge is 0.478 e. The minimum atomic E-state index is -1.02. The number of carboxylic acid groups (broad SMARTS) is 1. The monoisotopic (exact) mass is 433 g/mol. The van der Waals surface area contributed by atoms with Crippen molar-refractivity contribution in [2.75, 3.05) is 0 Å². The molecule has 2 aromatic rings. The third-order valence-corrected chi connectivity index (χ3v) is 6.96. The third-order valence-electron chi connectivity index (χ3n) is 6.96. The number of nitrogens with zero attached hydrogens (tertiary/aromatic N) is 1. The van der Waals surface area contributed by atoms with E-state index in [0.29, 0.717) is 28.8 Å². The lowest BCUT2D eigenvalue weighted by molar-refractivity contribution is 0.0448. The van der Waals surface area contributed by atoms with Crippen LogP contribution in [0.1, 0.15) is 101 Å². The number of aromatic carboxylic acids is 1. The van der Waals surface area contributed by atoms with Crippen LogP contribution in [-0.2, 0) is 0 Å². The molecule has 0 spiro atoms. The normalized spacial score (nSPS) is 17.6. The Morgan fingerprint density at radius 2 is 0.969 bits per heavy atom. The summed E-state index contributed by atoms with van der Waals surface area (Å²) in [5.74, 6) is -1.11. The Bertz CT molecular complexity index is 934. The second-order valence-corrected chi connectivity index (χ2v) is 9.09. The molecule has 1 N–H and O–H groups in total. The highest BCUT2D eigenvalue weighted by Gasteiger charge is 2.33. The molecular formula is C27H31NO4. The van der Waals surface area contributed by atoms with Crippen LogP contribution in [0.5, 0.6) is 0 Å². The summed E-state index contributed by atoms with van der Waals surface area (Å²) in [4.78, 5) is 39.6. The average molecular weight is 434 g/mol. The predicted octanol–water partition coefficient (Wildman–Crippen LogP) is 5.72. The Morgan fingerprint density at radius 3 is 1.38 bits per heavy atom. The minimum absolute atomic E-state index is 0.0913. The molecule has 0 atom stereocenters. The Labute approximate surface area is 189 Å². The molecule has 0 aromatic heterocycles. The summed E-state index contributed by atoms with van der Waals surface area (Å²) in [5, 5.41) is 9.03. The molecule has 0 unspecified atom stereocenters. The number of carboxylic acids is 1. The van der Waals surface area contributed by atoms with Crippen molar-refractivity contribution < 1.29 is 19.5 Å². The lowest BCUT2D eigenvalue weighted by Gasteiger charge is -2.42. The number of carbonyl (C=O) groups is 3. The highest BCUT2D eigenvalue weighted by molar-refractivity contribution is 6.09. The van der Waals surface area contributed by atoms with Gasteiger partial charge < -0.3 is 10.0 Å². The first-order valence-corrected chi connectivity index (χ1v) is 11.9. The van der Waals surface area contributed by atoms with Gasteiger partial charge in [-0.05, 0) is 49.9 Å². The van der Waals surface area contributed by atoms with E-state index in [9.17, 15) is 14.4 Å². The summed E-state index contributed by atoms with van der Waals surface area (Å²) in [6, 6.07) is 13.5. The highest BCUT2D eigenvalue weighted by Crippen LogP contribution is 2.31. The predicted molar refractivity (Wildman–Crippen MR) is 123 cm³/mol.